The zero-order chi connectivity index (χ0) is 15.4. The third-order valence-corrected chi connectivity index (χ3v) is 3.38. The van der Waals surface area contributed by atoms with Crippen LogP contribution in [0.5, 0.6) is 0 Å². The lowest BCUT2D eigenvalue weighted by molar-refractivity contribution is 0.102. The second-order valence-corrected chi connectivity index (χ2v) is 5.48. The Balaban J connectivity index is 2.31. The Kier molecular flexibility index (Phi) is 5.14. The molecule has 1 aromatic heterocycles. The fourth-order valence-electron chi connectivity index (χ4n) is 1.70. The number of halogens is 3. The Morgan fingerprint density at radius 1 is 1.43 bits per heavy atom. The predicted molar refractivity (Wildman–Crippen MR) is 85.5 cm³/mol. The standard InChI is InChI=1S/C14H12BrClFN3O/c1-2-18-13-10(5-8(15)7-19-13)14(21)20-12-6-9(17)3-4-11(12)16/h3-7H,2H2,1H3,(H,18,19)(H,20,21). The third kappa shape index (κ3) is 3.92. The van der Waals surface area contributed by atoms with E-state index < -0.39 is 11.7 Å². The van der Waals surface area contributed by atoms with Crippen molar-refractivity contribution in [1.29, 1.82) is 0 Å². The fraction of sp³-hybridized carbons (Fsp3) is 0.143. The van der Waals surface area contributed by atoms with Crippen LogP contribution in [0, 0.1) is 5.82 Å². The summed E-state index contributed by atoms with van der Waals surface area (Å²) in [7, 11) is 0. The second-order valence-electron chi connectivity index (χ2n) is 4.16. The van der Waals surface area contributed by atoms with Gasteiger partial charge in [-0.1, -0.05) is 11.6 Å². The average molecular weight is 373 g/mol. The summed E-state index contributed by atoms with van der Waals surface area (Å²) in [4.78, 5) is 16.5. The topological polar surface area (TPSA) is 54.0 Å². The number of carbonyl (C=O) groups is 1. The van der Waals surface area contributed by atoms with Crippen LogP contribution >= 0.6 is 27.5 Å². The van der Waals surface area contributed by atoms with Gasteiger partial charge in [0.15, 0.2) is 0 Å². The van der Waals surface area contributed by atoms with Crippen LogP contribution in [-0.4, -0.2) is 17.4 Å². The quantitative estimate of drug-likeness (QED) is 0.840. The van der Waals surface area contributed by atoms with Gasteiger partial charge in [-0.05, 0) is 47.1 Å². The number of pyridine rings is 1. The molecule has 0 aliphatic carbocycles. The van der Waals surface area contributed by atoms with Crippen LogP contribution < -0.4 is 10.6 Å². The van der Waals surface area contributed by atoms with E-state index >= 15 is 0 Å². The lowest BCUT2D eigenvalue weighted by Gasteiger charge is -2.11. The molecule has 0 atom stereocenters. The van der Waals surface area contributed by atoms with Crippen molar-refractivity contribution in [3.63, 3.8) is 0 Å². The van der Waals surface area contributed by atoms with Crippen LogP contribution in [-0.2, 0) is 0 Å². The van der Waals surface area contributed by atoms with Crippen molar-refractivity contribution in [2.75, 3.05) is 17.2 Å². The highest BCUT2D eigenvalue weighted by molar-refractivity contribution is 9.10. The summed E-state index contributed by atoms with van der Waals surface area (Å²) in [5.41, 5.74) is 0.552. The van der Waals surface area contributed by atoms with E-state index in [4.69, 9.17) is 11.6 Å². The maximum absolute atomic E-state index is 13.2. The number of anilines is 2. The van der Waals surface area contributed by atoms with Crippen molar-refractivity contribution in [3.8, 4) is 0 Å². The molecule has 110 valence electrons. The van der Waals surface area contributed by atoms with E-state index in [1.165, 1.54) is 18.2 Å². The van der Waals surface area contributed by atoms with Gasteiger partial charge in [0.25, 0.3) is 5.91 Å². The molecule has 0 radical (unpaired) electrons. The summed E-state index contributed by atoms with van der Waals surface area (Å²) in [5.74, 6) is -0.452. The molecule has 21 heavy (non-hydrogen) atoms. The molecule has 1 aromatic carbocycles. The van der Waals surface area contributed by atoms with Crippen molar-refractivity contribution in [2.24, 2.45) is 0 Å². The molecule has 1 amide bonds. The first kappa shape index (κ1) is 15.7. The van der Waals surface area contributed by atoms with Gasteiger partial charge in [0, 0.05) is 17.2 Å². The number of carbonyl (C=O) groups excluding carboxylic acids is 1. The minimum absolute atomic E-state index is 0.212. The SMILES string of the molecule is CCNc1ncc(Br)cc1C(=O)Nc1cc(F)ccc1Cl. The molecule has 0 fully saturated rings. The summed E-state index contributed by atoms with van der Waals surface area (Å²) < 4.78 is 13.9. The Labute approximate surface area is 134 Å². The van der Waals surface area contributed by atoms with Crippen molar-refractivity contribution in [2.45, 2.75) is 6.92 Å². The van der Waals surface area contributed by atoms with E-state index in [1.807, 2.05) is 6.92 Å². The highest BCUT2D eigenvalue weighted by Gasteiger charge is 2.15. The van der Waals surface area contributed by atoms with Gasteiger partial charge in [-0.3, -0.25) is 4.79 Å². The van der Waals surface area contributed by atoms with Crippen LogP contribution in [0.2, 0.25) is 5.02 Å². The summed E-state index contributed by atoms with van der Waals surface area (Å²) in [6.07, 6.45) is 1.59. The molecule has 0 saturated carbocycles. The lowest BCUT2D eigenvalue weighted by Crippen LogP contribution is -2.16. The summed E-state index contributed by atoms with van der Waals surface area (Å²) >= 11 is 9.21. The number of hydrogen-bond donors (Lipinski definition) is 2. The lowest BCUT2D eigenvalue weighted by atomic mass is 10.2. The molecule has 4 nitrogen and oxygen atoms in total. The van der Waals surface area contributed by atoms with Gasteiger partial charge in [-0.2, -0.15) is 0 Å². The molecule has 0 bridgehead atoms. The highest BCUT2D eigenvalue weighted by atomic mass is 79.9. The molecule has 2 aromatic rings. The molecule has 0 aliphatic heterocycles. The fourth-order valence-corrected chi connectivity index (χ4v) is 2.20. The largest absolute Gasteiger partial charge is 0.370 e. The predicted octanol–water partition coefficient (Wildman–Crippen LogP) is 4.32. The van der Waals surface area contributed by atoms with E-state index in [9.17, 15) is 9.18 Å². The third-order valence-electron chi connectivity index (χ3n) is 2.62. The van der Waals surface area contributed by atoms with Crippen LogP contribution in [0.1, 0.15) is 17.3 Å². The first-order chi connectivity index (χ1) is 10.0. The first-order valence-electron chi connectivity index (χ1n) is 6.17. The summed E-state index contributed by atoms with van der Waals surface area (Å²) in [6.45, 7) is 2.52. The van der Waals surface area contributed by atoms with Gasteiger partial charge in [0.05, 0.1) is 16.3 Å². The second kappa shape index (κ2) is 6.87. The van der Waals surface area contributed by atoms with Crippen LogP contribution in [0.25, 0.3) is 0 Å². The number of rotatable bonds is 4. The molecule has 7 heteroatoms. The number of amides is 1. The average Bonchev–Trinajstić information content (AvgIpc) is 2.45. The molecule has 2 N–H and O–H groups in total. The number of benzene rings is 1. The number of aromatic nitrogens is 1. The Hall–Kier alpha value is -1.66. The molecule has 2 rings (SSSR count). The number of hydrogen-bond acceptors (Lipinski definition) is 3. The molecular weight excluding hydrogens is 361 g/mol. The maximum Gasteiger partial charge on any atom is 0.259 e. The minimum Gasteiger partial charge on any atom is -0.370 e. The summed E-state index contributed by atoms with van der Waals surface area (Å²) in [5, 5.41) is 5.84. The van der Waals surface area contributed by atoms with Crippen LogP contribution in [0.15, 0.2) is 34.9 Å². The first-order valence-corrected chi connectivity index (χ1v) is 7.34. The maximum atomic E-state index is 13.2. The highest BCUT2D eigenvalue weighted by Crippen LogP contribution is 2.25. The van der Waals surface area contributed by atoms with Gasteiger partial charge in [0.2, 0.25) is 0 Å². The van der Waals surface area contributed by atoms with Crippen molar-refractivity contribution in [3.05, 3.63) is 51.3 Å². The van der Waals surface area contributed by atoms with E-state index in [0.29, 0.717) is 22.4 Å². The zero-order valence-electron chi connectivity index (χ0n) is 11.1. The van der Waals surface area contributed by atoms with Crippen molar-refractivity contribution < 1.29 is 9.18 Å². The van der Waals surface area contributed by atoms with E-state index in [1.54, 1.807) is 12.3 Å². The number of nitrogens with one attached hydrogen (secondary N) is 2. The van der Waals surface area contributed by atoms with E-state index in [-0.39, 0.29) is 10.7 Å². The molecule has 0 spiro atoms. The van der Waals surface area contributed by atoms with Gasteiger partial charge in [0.1, 0.15) is 11.6 Å². The Morgan fingerprint density at radius 3 is 2.90 bits per heavy atom. The monoisotopic (exact) mass is 371 g/mol. The van der Waals surface area contributed by atoms with Crippen molar-refractivity contribution >= 4 is 44.9 Å². The van der Waals surface area contributed by atoms with Gasteiger partial charge >= 0.3 is 0 Å². The van der Waals surface area contributed by atoms with Crippen LogP contribution in [0.4, 0.5) is 15.9 Å². The normalized spacial score (nSPS) is 10.3. The smallest absolute Gasteiger partial charge is 0.259 e. The molecule has 1 heterocycles. The minimum atomic E-state index is -0.478. The number of nitrogens with zero attached hydrogens (tertiary/aromatic N) is 1. The Bertz CT molecular complexity index is 681. The van der Waals surface area contributed by atoms with Gasteiger partial charge in [-0.25, -0.2) is 9.37 Å². The van der Waals surface area contributed by atoms with Gasteiger partial charge < -0.3 is 10.6 Å². The summed E-state index contributed by atoms with van der Waals surface area (Å²) in [6, 6.07) is 5.41. The van der Waals surface area contributed by atoms with Crippen LogP contribution in [0.3, 0.4) is 0 Å². The van der Waals surface area contributed by atoms with Crippen molar-refractivity contribution in [1.82, 2.24) is 4.98 Å². The van der Waals surface area contributed by atoms with E-state index in [2.05, 4.69) is 31.5 Å². The molecule has 0 aliphatic rings. The van der Waals surface area contributed by atoms with E-state index in [0.717, 1.165) is 0 Å². The molecular formula is C14H12BrClFN3O. The van der Waals surface area contributed by atoms with Gasteiger partial charge in [-0.15, -0.1) is 0 Å². The Morgan fingerprint density at radius 2 is 2.19 bits per heavy atom. The molecule has 0 unspecified atom stereocenters. The zero-order valence-corrected chi connectivity index (χ0v) is 13.4. The molecule has 0 saturated heterocycles.